The van der Waals surface area contributed by atoms with E-state index in [2.05, 4.69) is 21.2 Å². The van der Waals surface area contributed by atoms with E-state index in [1.807, 2.05) is 12.1 Å². The third-order valence-electron chi connectivity index (χ3n) is 4.59. The molecule has 0 radical (unpaired) electrons. The van der Waals surface area contributed by atoms with Crippen LogP contribution in [0.2, 0.25) is 10.0 Å². The van der Waals surface area contributed by atoms with E-state index in [0.717, 1.165) is 4.47 Å². The molecule has 0 bridgehead atoms. The number of hydrogen-bond donors (Lipinski definition) is 1. The Labute approximate surface area is 183 Å². The Bertz CT molecular complexity index is 985. The van der Waals surface area contributed by atoms with Crippen LogP contribution in [-0.4, -0.2) is 31.7 Å². The van der Waals surface area contributed by atoms with Gasteiger partial charge in [-0.25, -0.2) is 12.7 Å². The van der Waals surface area contributed by atoms with Crippen molar-refractivity contribution in [3.8, 4) is 0 Å². The summed E-state index contributed by atoms with van der Waals surface area (Å²) in [5.41, 5.74) is 1.17. The molecule has 9 heteroatoms. The molecule has 1 unspecified atom stereocenters. The van der Waals surface area contributed by atoms with Crippen molar-refractivity contribution in [2.45, 2.75) is 18.6 Å². The predicted molar refractivity (Wildman–Crippen MR) is 116 cm³/mol. The largest absolute Gasteiger partial charge is 0.326 e. The third kappa shape index (κ3) is 5.48. The highest BCUT2D eigenvalue weighted by atomic mass is 79.9. The predicted octanol–water partition coefficient (Wildman–Crippen LogP) is 4.94. The van der Waals surface area contributed by atoms with Gasteiger partial charge in [0, 0.05) is 33.3 Å². The van der Waals surface area contributed by atoms with Crippen molar-refractivity contribution >= 4 is 60.7 Å². The summed E-state index contributed by atoms with van der Waals surface area (Å²) < 4.78 is 28.0. The Morgan fingerprint density at radius 2 is 2.00 bits per heavy atom. The minimum Gasteiger partial charge on any atom is -0.326 e. The van der Waals surface area contributed by atoms with Gasteiger partial charge < -0.3 is 5.32 Å². The fourth-order valence-corrected chi connectivity index (χ4v) is 5.74. The molecule has 1 N–H and O–H groups in total. The second-order valence-corrected chi connectivity index (χ2v) is 10.4. The molecule has 3 rings (SSSR count). The van der Waals surface area contributed by atoms with Gasteiger partial charge in [-0.1, -0.05) is 51.3 Å². The second kappa shape index (κ2) is 9.13. The van der Waals surface area contributed by atoms with Crippen LogP contribution in [-0.2, 0) is 20.6 Å². The van der Waals surface area contributed by atoms with E-state index in [9.17, 15) is 13.2 Å². The Morgan fingerprint density at radius 1 is 1.21 bits per heavy atom. The summed E-state index contributed by atoms with van der Waals surface area (Å²) in [6.07, 6.45) is 1.28. The number of piperidine rings is 1. The summed E-state index contributed by atoms with van der Waals surface area (Å²) in [7, 11) is -3.60. The maximum Gasteiger partial charge on any atom is 0.228 e. The first kappa shape index (κ1) is 21.6. The smallest absolute Gasteiger partial charge is 0.228 e. The molecule has 0 aromatic heterocycles. The van der Waals surface area contributed by atoms with Crippen LogP contribution in [0.15, 0.2) is 46.9 Å². The number of nitrogens with zero attached hydrogens (tertiary/aromatic N) is 1. The zero-order valence-corrected chi connectivity index (χ0v) is 18.8. The fraction of sp³-hybridized carbons (Fsp3) is 0.316. The average molecular weight is 506 g/mol. The first-order valence-electron chi connectivity index (χ1n) is 8.73. The lowest BCUT2D eigenvalue weighted by Gasteiger charge is -2.31. The summed E-state index contributed by atoms with van der Waals surface area (Å²) in [6.45, 7) is 0.557. The monoisotopic (exact) mass is 504 g/mol. The van der Waals surface area contributed by atoms with Gasteiger partial charge in [-0.05, 0) is 48.7 Å². The van der Waals surface area contributed by atoms with E-state index in [1.165, 1.54) is 10.4 Å². The quantitative estimate of drug-likeness (QED) is 0.626. The van der Waals surface area contributed by atoms with Crippen LogP contribution < -0.4 is 5.32 Å². The van der Waals surface area contributed by atoms with Gasteiger partial charge in [-0.2, -0.15) is 0 Å². The highest BCUT2D eigenvalue weighted by Gasteiger charge is 2.32. The summed E-state index contributed by atoms with van der Waals surface area (Å²) in [5, 5.41) is 3.63. The average Bonchev–Trinajstić information content (AvgIpc) is 2.64. The van der Waals surface area contributed by atoms with Gasteiger partial charge in [-0.3, -0.25) is 4.79 Å². The maximum atomic E-state index is 12.9. The molecule has 2 aromatic carbocycles. The van der Waals surface area contributed by atoms with Gasteiger partial charge >= 0.3 is 0 Å². The zero-order valence-electron chi connectivity index (χ0n) is 14.9. The van der Waals surface area contributed by atoms with E-state index in [-0.39, 0.29) is 18.2 Å². The van der Waals surface area contributed by atoms with Crippen LogP contribution in [0.3, 0.4) is 0 Å². The number of benzene rings is 2. The fourth-order valence-electron chi connectivity index (χ4n) is 3.15. The van der Waals surface area contributed by atoms with Gasteiger partial charge in [0.2, 0.25) is 15.9 Å². The molecule has 150 valence electrons. The molecule has 1 aliphatic heterocycles. The van der Waals surface area contributed by atoms with Crippen molar-refractivity contribution in [1.82, 2.24) is 4.31 Å². The van der Waals surface area contributed by atoms with Crippen molar-refractivity contribution in [3.63, 3.8) is 0 Å². The third-order valence-corrected chi connectivity index (χ3v) is 7.47. The number of hydrogen-bond acceptors (Lipinski definition) is 3. The zero-order chi connectivity index (χ0) is 20.3. The molecular weight excluding hydrogens is 487 g/mol. The van der Waals surface area contributed by atoms with Crippen LogP contribution in [0.5, 0.6) is 0 Å². The minimum absolute atomic E-state index is 0.160. The normalized spacial score (nSPS) is 18.0. The number of carbonyl (C=O) groups excluding carboxylic acids is 1. The molecule has 0 spiro atoms. The molecule has 1 fully saturated rings. The molecule has 1 saturated heterocycles. The van der Waals surface area contributed by atoms with E-state index in [1.54, 1.807) is 24.3 Å². The molecular formula is C19H19BrCl2N2O3S. The van der Waals surface area contributed by atoms with Crippen LogP contribution >= 0.6 is 39.1 Å². The first-order valence-corrected chi connectivity index (χ1v) is 11.9. The molecule has 28 heavy (non-hydrogen) atoms. The van der Waals surface area contributed by atoms with E-state index < -0.39 is 15.9 Å². The Hall–Kier alpha value is -1.12. The summed E-state index contributed by atoms with van der Waals surface area (Å²) in [6, 6.07) is 12.0. The molecule has 1 heterocycles. The molecule has 0 saturated carbocycles. The molecule has 1 atom stereocenters. The molecule has 1 aliphatic rings. The van der Waals surface area contributed by atoms with Gasteiger partial charge in [0.15, 0.2) is 0 Å². The van der Waals surface area contributed by atoms with Gasteiger partial charge in [0.25, 0.3) is 0 Å². The van der Waals surface area contributed by atoms with E-state index >= 15 is 0 Å². The van der Waals surface area contributed by atoms with Crippen LogP contribution in [0.1, 0.15) is 18.4 Å². The van der Waals surface area contributed by atoms with Crippen molar-refractivity contribution in [3.05, 3.63) is 62.5 Å². The number of sulfonamides is 1. The van der Waals surface area contributed by atoms with Crippen molar-refractivity contribution in [1.29, 1.82) is 0 Å². The van der Waals surface area contributed by atoms with E-state index in [0.29, 0.717) is 40.7 Å². The van der Waals surface area contributed by atoms with Gasteiger partial charge in [0.1, 0.15) is 0 Å². The molecule has 1 amide bonds. The summed E-state index contributed by atoms with van der Waals surface area (Å²) in [5.74, 6) is -0.797. The second-order valence-electron chi connectivity index (χ2n) is 6.69. The van der Waals surface area contributed by atoms with Crippen LogP contribution in [0.4, 0.5) is 5.69 Å². The van der Waals surface area contributed by atoms with Gasteiger partial charge in [0.05, 0.1) is 11.7 Å². The maximum absolute atomic E-state index is 12.9. The Morgan fingerprint density at radius 3 is 2.71 bits per heavy atom. The highest BCUT2D eigenvalue weighted by molar-refractivity contribution is 9.10. The number of amides is 1. The highest BCUT2D eigenvalue weighted by Crippen LogP contribution is 2.27. The standard InChI is InChI=1S/C19H19BrCl2N2O3S/c20-15-4-1-5-17(9-15)23-19(25)13-3-2-8-24(11-13)28(26,27)12-14-6-7-16(21)10-18(14)22/h1,4-7,9-10,13H,2-3,8,11-12H2,(H,23,25). The number of rotatable bonds is 5. The Kier molecular flexibility index (Phi) is 7.04. The first-order chi connectivity index (χ1) is 13.2. The molecule has 5 nitrogen and oxygen atoms in total. The number of halogens is 3. The number of nitrogens with one attached hydrogen (secondary N) is 1. The lowest BCUT2D eigenvalue weighted by Crippen LogP contribution is -2.44. The molecule has 0 aliphatic carbocycles. The lowest BCUT2D eigenvalue weighted by atomic mass is 9.99. The van der Waals surface area contributed by atoms with Crippen molar-refractivity contribution in [2.24, 2.45) is 5.92 Å². The minimum atomic E-state index is -3.60. The van der Waals surface area contributed by atoms with Crippen LogP contribution in [0, 0.1) is 5.92 Å². The Balaban J connectivity index is 1.68. The topological polar surface area (TPSA) is 66.5 Å². The number of carbonyl (C=O) groups is 1. The van der Waals surface area contributed by atoms with Gasteiger partial charge in [-0.15, -0.1) is 0 Å². The van der Waals surface area contributed by atoms with Crippen molar-refractivity contribution in [2.75, 3.05) is 18.4 Å². The van der Waals surface area contributed by atoms with E-state index in [4.69, 9.17) is 23.2 Å². The summed E-state index contributed by atoms with van der Waals surface area (Å²) in [4.78, 5) is 12.6. The molecule has 2 aromatic rings. The summed E-state index contributed by atoms with van der Waals surface area (Å²) >= 11 is 15.4. The number of anilines is 1. The lowest BCUT2D eigenvalue weighted by molar-refractivity contribution is -0.120. The van der Waals surface area contributed by atoms with Crippen molar-refractivity contribution < 1.29 is 13.2 Å². The van der Waals surface area contributed by atoms with Crippen LogP contribution in [0.25, 0.3) is 0 Å². The SMILES string of the molecule is O=C(Nc1cccc(Br)c1)C1CCCN(S(=O)(=O)Cc2ccc(Cl)cc2Cl)C1.